The van der Waals surface area contributed by atoms with Crippen molar-refractivity contribution in [3.8, 4) is 11.3 Å². The van der Waals surface area contributed by atoms with Gasteiger partial charge in [-0.15, -0.1) is 0 Å². The Morgan fingerprint density at radius 2 is 2.00 bits per heavy atom. The Labute approximate surface area is 155 Å². The molecular formula is C17H17N7O2S. The number of H-pyrrole nitrogens is 1. The fourth-order valence-electron chi connectivity index (χ4n) is 2.87. The molecule has 0 aliphatic carbocycles. The summed E-state index contributed by atoms with van der Waals surface area (Å²) < 4.78 is 28.6. The van der Waals surface area contributed by atoms with Crippen molar-refractivity contribution < 1.29 is 8.42 Å². The molecule has 0 aliphatic heterocycles. The van der Waals surface area contributed by atoms with Gasteiger partial charge in [0.05, 0.1) is 21.7 Å². The van der Waals surface area contributed by atoms with Crippen LogP contribution in [0.15, 0.2) is 53.9 Å². The quantitative estimate of drug-likeness (QED) is 0.485. The van der Waals surface area contributed by atoms with Crippen LogP contribution >= 0.6 is 0 Å². The van der Waals surface area contributed by atoms with Crippen LogP contribution < -0.4 is 10.0 Å². The minimum atomic E-state index is -3.59. The first-order valence-electron chi connectivity index (χ1n) is 8.10. The number of aromatic amines is 1. The van der Waals surface area contributed by atoms with Gasteiger partial charge in [0, 0.05) is 25.0 Å². The van der Waals surface area contributed by atoms with E-state index in [9.17, 15) is 8.42 Å². The average molecular weight is 383 g/mol. The lowest BCUT2D eigenvalue weighted by atomic mass is 10.1. The number of sulfonamides is 1. The predicted octanol–water partition coefficient (Wildman–Crippen LogP) is 2.01. The summed E-state index contributed by atoms with van der Waals surface area (Å²) in [5, 5.41) is 8.25. The summed E-state index contributed by atoms with van der Waals surface area (Å²) in [7, 11) is -0.386. The summed E-state index contributed by atoms with van der Waals surface area (Å²) in [6.07, 6.45) is 4.90. The Bertz CT molecular complexity index is 1230. The van der Waals surface area contributed by atoms with Crippen molar-refractivity contribution in [1.82, 2.24) is 29.5 Å². The maximum atomic E-state index is 12.3. The Balaban J connectivity index is 1.89. The second-order valence-corrected chi connectivity index (χ2v) is 7.73. The maximum Gasteiger partial charge on any atom is 0.240 e. The number of aryl methyl sites for hydroxylation is 1. The molecule has 27 heavy (non-hydrogen) atoms. The molecule has 138 valence electrons. The molecule has 0 fully saturated rings. The maximum absolute atomic E-state index is 12.3. The summed E-state index contributed by atoms with van der Waals surface area (Å²) in [4.78, 5) is 11.7. The van der Waals surface area contributed by atoms with E-state index in [1.54, 1.807) is 35.3 Å². The number of nitrogens with one attached hydrogen (secondary N) is 3. The number of anilines is 2. The number of benzene rings is 1. The number of nitrogens with zero attached hydrogens (tertiary/aromatic N) is 4. The Morgan fingerprint density at radius 3 is 2.74 bits per heavy atom. The monoisotopic (exact) mass is 383 g/mol. The molecule has 0 amide bonds. The highest BCUT2D eigenvalue weighted by atomic mass is 32.2. The first kappa shape index (κ1) is 17.2. The molecule has 0 saturated carbocycles. The van der Waals surface area contributed by atoms with Crippen molar-refractivity contribution in [1.29, 1.82) is 0 Å². The molecule has 0 aliphatic rings. The van der Waals surface area contributed by atoms with Gasteiger partial charge in [-0.05, 0) is 37.4 Å². The van der Waals surface area contributed by atoms with Crippen molar-refractivity contribution in [2.24, 2.45) is 7.05 Å². The van der Waals surface area contributed by atoms with E-state index >= 15 is 0 Å². The van der Waals surface area contributed by atoms with Crippen LogP contribution in [0.3, 0.4) is 0 Å². The summed E-state index contributed by atoms with van der Waals surface area (Å²) in [5.74, 6) is 0.573. The number of aromatic nitrogens is 5. The van der Waals surface area contributed by atoms with E-state index in [0.29, 0.717) is 17.2 Å². The minimum Gasteiger partial charge on any atom is -0.346 e. The van der Waals surface area contributed by atoms with Gasteiger partial charge in [-0.2, -0.15) is 5.10 Å². The minimum absolute atomic E-state index is 0.151. The lowest BCUT2D eigenvalue weighted by Gasteiger charge is -2.14. The normalized spacial score (nSPS) is 11.8. The first-order valence-corrected chi connectivity index (χ1v) is 9.59. The van der Waals surface area contributed by atoms with E-state index in [1.807, 2.05) is 19.2 Å². The molecule has 0 atom stereocenters. The van der Waals surface area contributed by atoms with E-state index in [4.69, 9.17) is 0 Å². The Morgan fingerprint density at radius 1 is 1.15 bits per heavy atom. The summed E-state index contributed by atoms with van der Waals surface area (Å²) in [6.45, 7) is 0. The van der Waals surface area contributed by atoms with Crippen LogP contribution in [0.4, 0.5) is 11.5 Å². The topological polar surface area (TPSA) is 118 Å². The van der Waals surface area contributed by atoms with Crippen molar-refractivity contribution in [3.63, 3.8) is 0 Å². The largest absolute Gasteiger partial charge is 0.346 e. The Kier molecular flexibility index (Phi) is 4.13. The second-order valence-electron chi connectivity index (χ2n) is 5.84. The number of hydrogen-bond donors (Lipinski definition) is 3. The molecule has 0 bridgehead atoms. The van der Waals surface area contributed by atoms with Crippen LogP contribution in [0.25, 0.3) is 22.3 Å². The molecule has 0 unspecified atom stereocenters. The fraction of sp³-hybridized carbons (Fsp3) is 0.118. The highest BCUT2D eigenvalue weighted by Crippen LogP contribution is 2.33. The van der Waals surface area contributed by atoms with E-state index in [-0.39, 0.29) is 4.90 Å². The summed E-state index contributed by atoms with van der Waals surface area (Å²) >= 11 is 0. The van der Waals surface area contributed by atoms with Crippen molar-refractivity contribution in [2.45, 2.75) is 4.90 Å². The zero-order valence-corrected chi connectivity index (χ0v) is 15.4. The first-order chi connectivity index (χ1) is 13.0. The van der Waals surface area contributed by atoms with Crippen molar-refractivity contribution in [3.05, 3.63) is 49.1 Å². The summed E-state index contributed by atoms with van der Waals surface area (Å²) in [5.41, 5.74) is 2.92. The third-order valence-electron chi connectivity index (χ3n) is 4.27. The van der Waals surface area contributed by atoms with Gasteiger partial charge in [0.2, 0.25) is 10.0 Å². The average Bonchev–Trinajstić information content (AvgIpc) is 3.31. The lowest BCUT2D eigenvalue weighted by molar-refractivity contribution is 0.588. The van der Waals surface area contributed by atoms with Gasteiger partial charge >= 0.3 is 0 Å². The second kappa shape index (κ2) is 6.49. The molecule has 0 spiro atoms. The van der Waals surface area contributed by atoms with Gasteiger partial charge < -0.3 is 10.3 Å². The number of fused-ring (bicyclic) bond motifs is 1. The molecule has 3 aromatic heterocycles. The van der Waals surface area contributed by atoms with E-state index in [1.165, 1.54) is 13.4 Å². The van der Waals surface area contributed by atoms with Gasteiger partial charge in [-0.1, -0.05) is 0 Å². The highest BCUT2D eigenvalue weighted by Gasteiger charge is 2.17. The van der Waals surface area contributed by atoms with E-state index in [2.05, 4.69) is 30.1 Å². The molecule has 0 saturated heterocycles. The molecule has 4 aromatic rings. The standard InChI is InChI=1S/C17H17N7O2S/c1-18-27(25,26)11-3-4-12(15-6-8-22-24(15)2)14(9-11)23-17-13-5-7-19-16(13)20-10-21-17/h3-10,18H,1-2H3,(H2,19,20,21,23). The predicted molar refractivity (Wildman–Crippen MR) is 102 cm³/mol. The van der Waals surface area contributed by atoms with E-state index in [0.717, 1.165) is 16.6 Å². The summed E-state index contributed by atoms with van der Waals surface area (Å²) in [6, 6.07) is 8.60. The van der Waals surface area contributed by atoms with Crippen LogP contribution in [0.5, 0.6) is 0 Å². The van der Waals surface area contributed by atoms with Gasteiger partial charge in [0.15, 0.2) is 0 Å². The fourth-order valence-corrected chi connectivity index (χ4v) is 3.63. The van der Waals surface area contributed by atoms with Gasteiger partial charge in [0.25, 0.3) is 0 Å². The van der Waals surface area contributed by atoms with Gasteiger partial charge in [-0.3, -0.25) is 4.68 Å². The van der Waals surface area contributed by atoms with Crippen LogP contribution in [-0.2, 0) is 17.1 Å². The SMILES string of the molecule is CNS(=O)(=O)c1ccc(-c2ccnn2C)c(Nc2ncnc3[nH]ccc23)c1. The zero-order valence-electron chi connectivity index (χ0n) is 14.6. The van der Waals surface area contributed by atoms with Crippen LogP contribution in [0, 0.1) is 0 Å². The third kappa shape index (κ3) is 3.04. The molecule has 10 heteroatoms. The Hall–Kier alpha value is -3.24. The lowest BCUT2D eigenvalue weighted by Crippen LogP contribution is -2.18. The molecule has 9 nitrogen and oxygen atoms in total. The molecular weight excluding hydrogens is 366 g/mol. The van der Waals surface area contributed by atoms with E-state index < -0.39 is 10.0 Å². The van der Waals surface area contributed by atoms with Crippen molar-refractivity contribution in [2.75, 3.05) is 12.4 Å². The van der Waals surface area contributed by atoms with Gasteiger partial charge in [0.1, 0.15) is 17.8 Å². The molecule has 3 N–H and O–H groups in total. The molecule has 3 heterocycles. The third-order valence-corrected chi connectivity index (χ3v) is 5.69. The molecule has 1 aromatic carbocycles. The number of rotatable bonds is 5. The molecule has 4 rings (SSSR count). The smallest absolute Gasteiger partial charge is 0.240 e. The highest BCUT2D eigenvalue weighted by molar-refractivity contribution is 7.89. The van der Waals surface area contributed by atoms with Crippen LogP contribution in [0.2, 0.25) is 0 Å². The number of hydrogen-bond acceptors (Lipinski definition) is 6. The van der Waals surface area contributed by atoms with Crippen LogP contribution in [0.1, 0.15) is 0 Å². The van der Waals surface area contributed by atoms with Crippen molar-refractivity contribution >= 4 is 32.6 Å². The molecule has 0 radical (unpaired) electrons. The van der Waals surface area contributed by atoms with Gasteiger partial charge in [-0.25, -0.2) is 23.1 Å². The van der Waals surface area contributed by atoms with Crippen LogP contribution in [-0.4, -0.2) is 40.2 Å². The zero-order chi connectivity index (χ0) is 19.0.